The summed E-state index contributed by atoms with van der Waals surface area (Å²) >= 11 is 0. The lowest BCUT2D eigenvalue weighted by atomic mass is 10.1. The van der Waals surface area contributed by atoms with Gasteiger partial charge in [0.2, 0.25) is 0 Å². The lowest BCUT2D eigenvalue weighted by molar-refractivity contribution is -0.0564. The maximum Gasteiger partial charge on any atom is 0.250 e. The van der Waals surface area contributed by atoms with E-state index in [2.05, 4.69) is 18.7 Å². The van der Waals surface area contributed by atoms with Crippen LogP contribution in [0.5, 0.6) is 0 Å². The van der Waals surface area contributed by atoms with Gasteiger partial charge in [-0.2, -0.15) is 0 Å². The zero-order chi connectivity index (χ0) is 12.0. The van der Waals surface area contributed by atoms with Crippen LogP contribution in [0.1, 0.15) is 39.5 Å². The molecule has 1 atom stereocenters. The van der Waals surface area contributed by atoms with Crippen LogP contribution in [0.3, 0.4) is 0 Å². The number of piperidine rings is 1. The van der Waals surface area contributed by atoms with E-state index in [0.29, 0.717) is 19.2 Å². The highest BCUT2D eigenvalue weighted by Crippen LogP contribution is 2.27. The first-order valence-corrected chi connectivity index (χ1v) is 6.25. The minimum Gasteiger partial charge on any atom is -0.378 e. The standard InChI is InChI=1S/C12H23F2NO/c1-3-11(2)16-10-4-7-15-8-5-12(13,14)6-9-15/h11H,3-10H2,1-2H3. The van der Waals surface area contributed by atoms with Crippen LogP contribution in [0, 0.1) is 0 Å². The van der Waals surface area contributed by atoms with Crippen LogP contribution in [0.4, 0.5) is 8.78 Å². The summed E-state index contributed by atoms with van der Waals surface area (Å²) in [4.78, 5) is 2.11. The maximum atomic E-state index is 12.9. The molecule has 96 valence electrons. The highest BCUT2D eigenvalue weighted by molar-refractivity contribution is 4.77. The third-order valence-electron chi connectivity index (χ3n) is 3.18. The molecule has 0 radical (unpaired) electrons. The molecule has 1 unspecified atom stereocenters. The topological polar surface area (TPSA) is 12.5 Å². The van der Waals surface area contributed by atoms with E-state index in [1.54, 1.807) is 0 Å². The molecule has 0 bridgehead atoms. The van der Waals surface area contributed by atoms with E-state index in [-0.39, 0.29) is 12.8 Å². The number of nitrogens with zero attached hydrogens (tertiary/aromatic N) is 1. The Labute approximate surface area is 97.0 Å². The molecule has 0 aromatic heterocycles. The van der Waals surface area contributed by atoms with Gasteiger partial charge in [-0.15, -0.1) is 0 Å². The summed E-state index contributed by atoms with van der Waals surface area (Å²) in [6, 6.07) is 0. The fourth-order valence-electron chi connectivity index (χ4n) is 1.79. The van der Waals surface area contributed by atoms with E-state index in [0.717, 1.165) is 26.0 Å². The summed E-state index contributed by atoms with van der Waals surface area (Å²) in [6.07, 6.45) is 2.30. The van der Waals surface area contributed by atoms with Gasteiger partial charge in [0, 0.05) is 39.1 Å². The van der Waals surface area contributed by atoms with Crippen molar-refractivity contribution in [3.8, 4) is 0 Å². The second kappa shape index (κ2) is 6.50. The zero-order valence-electron chi connectivity index (χ0n) is 10.3. The number of ether oxygens (including phenoxy) is 1. The van der Waals surface area contributed by atoms with Crippen molar-refractivity contribution in [2.24, 2.45) is 0 Å². The van der Waals surface area contributed by atoms with Crippen molar-refractivity contribution in [3.05, 3.63) is 0 Å². The smallest absolute Gasteiger partial charge is 0.250 e. The third kappa shape index (κ3) is 5.21. The van der Waals surface area contributed by atoms with E-state index in [4.69, 9.17) is 4.74 Å². The van der Waals surface area contributed by atoms with Gasteiger partial charge in [-0.1, -0.05) is 6.92 Å². The molecular weight excluding hydrogens is 212 g/mol. The molecule has 1 rings (SSSR count). The van der Waals surface area contributed by atoms with Gasteiger partial charge in [-0.3, -0.25) is 0 Å². The zero-order valence-corrected chi connectivity index (χ0v) is 10.3. The number of rotatable bonds is 6. The molecule has 0 amide bonds. The lowest BCUT2D eigenvalue weighted by Crippen LogP contribution is -2.40. The Hall–Kier alpha value is -0.220. The van der Waals surface area contributed by atoms with E-state index >= 15 is 0 Å². The van der Waals surface area contributed by atoms with Gasteiger partial charge in [-0.05, 0) is 19.8 Å². The fraction of sp³-hybridized carbons (Fsp3) is 1.00. The molecule has 0 N–H and O–H groups in total. The molecule has 16 heavy (non-hydrogen) atoms. The van der Waals surface area contributed by atoms with Crippen molar-refractivity contribution in [2.75, 3.05) is 26.2 Å². The Morgan fingerprint density at radius 1 is 1.31 bits per heavy atom. The largest absolute Gasteiger partial charge is 0.378 e. The van der Waals surface area contributed by atoms with Crippen molar-refractivity contribution in [3.63, 3.8) is 0 Å². The molecule has 1 aliphatic heterocycles. The van der Waals surface area contributed by atoms with Crippen LogP contribution in [-0.4, -0.2) is 43.2 Å². The average Bonchev–Trinajstić information content (AvgIpc) is 2.26. The van der Waals surface area contributed by atoms with Gasteiger partial charge >= 0.3 is 0 Å². The molecule has 0 saturated carbocycles. The van der Waals surface area contributed by atoms with Crippen LogP contribution in [-0.2, 0) is 4.74 Å². The monoisotopic (exact) mass is 235 g/mol. The Morgan fingerprint density at radius 3 is 2.50 bits per heavy atom. The van der Waals surface area contributed by atoms with Crippen LogP contribution in [0.25, 0.3) is 0 Å². The minimum atomic E-state index is -2.43. The SMILES string of the molecule is CCC(C)OCCCN1CCC(F)(F)CC1. The van der Waals surface area contributed by atoms with E-state index in [1.807, 2.05) is 0 Å². The Balaban J connectivity index is 2.02. The summed E-state index contributed by atoms with van der Waals surface area (Å²) in [6.45, 7) is 6.82. The van der Waals surface area contributed by atoms with Crippen LogP contribution < -0.4 is 0 Å². The molecule has 1 heterocycles. The molecule has 0 spiro atoms. The molecule has 0 aliphatic carbocycles. The summed E-state index contributed by atoms with van der Waals surface area (Å²) in [7, 11) is 0. The van der Waals surface area contributed by atoms with Crippen LogP contribution in [0.15, 0.2) is 0 Å². The summed E-state index contributed by atoms with van der Waals surface area (Å²) in [5.41, 5.74) is 0. The van der Waals surface area contributed by atoms with Gasteiger partial charge in [0.1, 0.15) is 0 Å². The van der Waals surface area contributed by atoms with Gasteiger partial charge in [0.25, 0.3) is 5.92 Å². The first kappa shape index (κ1) is 13.8. The molecule has 0 aromatic carbocycles. The van der Waals surface area contributed by atoms with Crippen LogP contribution in [0.2, 0.25) is 0 Å². The van der Waals surface area contributed by atoms with Gasteiger partial charge in [0.15, 0.2) is 0 Å². The first-order chi connectivity index (χ1) is 7.53. The van der Waals surface area contributed by atoms with E-state index < -0.39 is 5.92 Å². The van der Waals surface area contributed by atoms with Crippen molar-refractivity contribution in [1.29, 1.82) is 0 Å². The lowest BCUT2D eigenvalue weighted by Gasteiger charge is -2.31. The Kier molecular flexibility index (Phi) is 5.62. The predicted octanol–water partition coefficient (Wildman–Crippen LogP) is 2.92. The highest BCUT2D eigenvalue weighted by atomic mass is 19.3. The van der Waals surface area contributed by atoms with Gasteiger partial charge in [-0.25, -0.2) is 8.78 Å². The van der Waals surface area contributed by atoms with Crippen molar-refractivity contribution < 1.29 is 13.5 Å². The molecule has 4 heteroatoms. The van der Waals surface area contributed by atoms with Crippen molar-refractivity contribution in [1.82, 2.24) is 4.90 Å². The predicted molar refractivity (Wildman–Crippen MR) is 60.9 cm³/mol. The average molecular weight is 235 g/mol. The minimum absolute atomic E-state index is 0.0131. The van der Waals surface area contributed by atoms with Gasteiger partial charge in [0.05, 0.1) is 6.10 Å². The van der Waals surface area contributed by atoms with Crippen molar-refractivity contribution in [2.45, 2.75) is 51.6 Å². The van der Waals surface area contributed by atoms with Crippen LogP contribution >= 0.6 is 0 Å². The summed E-state index contributed by atoms with van der Waals surface area (Å²) in [5, 5.41) is 0. The van der Waals surface area contributed by atoms with E-state index in [9.17, 15) is 8.78 Å². The normalized spacial score (nSPS) is 23.2. The van der Waals surface area contributed by atoms with E-state index in [1.165, 1.54) is 0 Å². The number of halogens is 2. The Bertz CT molecular complexity index is 189. The quantitative estimate of drug-likeness (QED) is 0.656. The first-order valence-electron chi connectivity index (χ1n) is 6.25. The fourth-order valence-corrected chi connectivity index (χ4v) is 1.79. The second-order valence-corrected chi connectivity index (χ2v) is 4.64. The molecule has 1 aliphatic rings. The Morgan fingerprint density at radius 2 is 1.94 bits per heavy atom. The molecule has 0 aromatic rings. The second-order valence-electron chi connectivity index (χ2n) is 4.64. The molecule has 1 fully saturated rings. The number of hydrogen-bond acceptors (Lipinski definition) is 2. The number of likely N-dealkylation sites (tertiary alicyclic amines) is 1. The molecule has 1 saturated heterocycles. The summed E-state index contributed by atoms with van der Waals surface area (Å²) < 4.78 is 31.3. The van der Waals surface area contributed by atoms with Crippen molar-refractivity contribution >= 4 is 0 Å². The highest BCUT2D eigenvalue weighted by Gasteiger charge is 2.33. The third-order valence-corrected chi connectivity index (χ3v) is 3.18. The number of alkyl halides is 2. The summed E-state index contributed by atoms with van der Waals surface area (Å²) in [5.74, 6) is -2.43. The maximum absolute atomic E-state index is 12.9. The number of hydrogen-bond donors (Lipinski definition) is 0. The van der Waals surface area contributed by atoms with Gasteiger partial charge < -0.3 is 9.64 Å². The molecule has 2 nitrogen and oxygen atoms in total. The molecular formula is C12H23F2NO.